The lowest BCUT2D eigenvalue weighted by Gasteiger charge is -2.33. The maximum absolute atomic E-state index is 14.4. The summed E-state index contributed by atoms with van der Waals surface area (Å²) in [5.74, 6) is -0.741. The van der Waals surface area contributed by atoms with Crippen LogP contribution in [0.3, 0.4) is 0 Å². The molecule has 0 saturated carbocycles. The van der Waals surface area contributed by atoms with Gasteiger partial charge in [0.15, 0.2) is 0 Å². The van der Waals surface area contributed by atoms with Crippen LogP contribution < -0.4 is 20.5 Å². The Hall–Kier alpha value is -4.63. The number of para-hydroxylation sites is 1. The Morgan fingerprint density at radius 1 is 1.10 bits per heavy atom. The van der Waals surface area contributed by atoms with Crippen molar-refractivity contribution < 1.29 is 18.7 Å². The number of ether oxygens (including phenoxy) is 1. The summed E-state index contributed by atoms with van der Waals surface area (Å²) in [7, 11) is 0. The van der Waals surface area contributed by atoms with Crippen molar-refractivity contribution in [2.75, 3.05) is 18.0 Å². The van der Waals surface area contributed by atoms with Crippen LogP contribution in [-0.2, 0) is 16.2 Å². The average Bonchev–Trinajstić information content (AvgIpc) is 3.33. The SMILES string of the molecule is N#Cc1ccc(N2CCC(Sc3ccc(COc4cccc5c(=O)n(C6CCC(=O)NC6=O)[nH]c45)cn3)CC2)c(F)c1. The van der Waals surface area contributed by atoms with Crippen LogP contribution in [0.5, 0.6) is 5.75 Å². The van der Waals surface area contributed by atoms with Crippen LogP contribution >= 0.6 is 11.8 Å². The molecule has 2 aliphatic rings. The molecule has 2 aliphatic heterocycles. The Morgan fingerprint density at radius 3 is 2.64 bits per heavy atom. The minimum absolute atomic E-state index is 0.167. The number of hydrogen-bond donors (Lipinski definition) is 2. The first-order valence-electron chi connectivity index (χ1n) is 13.7. The fraction of sp³-hybridized carbons (Fsp3) is 0.300. The predicted octanol–water partition coefficient (Wildman–Crippen LogP) is 4.05. The Bertz CT molecular complexity index is 1750. The largest absolute Gasteiger partial charge is 0.487 e. The van der Waals surface area contributed by atoms with Gasteiger partial charge in [0.25, 0.3) is 11.5 Å². The van der Waals surface area contributed by atoms with E-state index in [4.69, 9.17) is 10.00 Å². The van der Waals surface area contributed by atoms with Crippen LogP contribution in [0.4, 0.5) is 10.1 Å². The van der Waals surface area contributed by atoms with Crippen LogP contribution in [0.15, 0.2) is 64.5 Å². The number of nitriles is 1. The number of thioether (sulfide) groups is 1. The highest BCUT2D eigenvalue weighted by Crippen LogP contribution is 2.32. The second-order valence-corrected chi connectivity index (χ2v) is 11.6. The molecule has 1 atom stereocenters. The molecule has 2 aromatic carbocycles. The van der Waals surface area contributed by atoms with Gasteiger partial charge in [0.1, 0.15) is 29.7 Å². The van der Waals surface area contributed by atoms with E-state index in [9.17, 15) is 18.8 Å². The third kappa shape index (κ3) is 5.60. The molecule has 10 nitrogen and oxygen atoms in total. The number of carbonyl (C=O) groups excluding carboxylic acids is 2. The molecule has 2 N–H and O–H groups in total. The minimum atomic E-state index is -0.783. The van der Waals surface area contributed by atoms with Gasteiger partial charge in [-0.15, -0.1) is 11.8 Å². The number of aromatic amines is 1. The number of amides is 2. The van der Waals surface area contributed by atoms with Gasteiger partial charge in [-0.2, -0.15) is 5.26 Å². The van der Waals surface area contributed by atoms with Crippen molar-refractivity contribution in [1.29, 1.82) is 5.26 Å². The van der Waals surface area contributed by atoms with Crippen molar-refractivity contribution in [1.82, 2.24) is 20.1 Å². The number of fused-ring (bicyclic) bond motifs is 1. The van der Waals surface area contributed by atoms with E-state index in [0.717, 1.165) is 36.5 Å². The third-order valence-electron chi connectivity index (χ3n) is 7.57. The second-order valence-electron chi connectivity index (χ2n) is 10.3. The molecule has 2 fully saturated rings. The molecule has 0 radical (unpaired) electrons. The number of anilines is 1. The minimum Gasteiger partial charge on any atom is -0.487 e. The quantitative estimate of drug-likeness (QED) is 0.310. The summed E-state index contributed by atoms with van der Waals surface area (Å²) < 4.78 is 21.7. The van der Waals surface area contributed by atoms with Gasteiger partial charge in [0.2, 0.25) is 5.91 Å². The van der Waals surface area contributed by atoms with E-state index in [1.54, 1.807) is 48.3 Å². The first kappa shape index (κ1) is 27.5. The van der Waals surface area contributed by atoms with Crippen molar-refractivity contribution in [2.24, 2.45) is 0 Å². The van der Waals surface area contributed by atoms with Gasteiger partial charge < -0.3 is 9.64 Å². The zero-order valence-corrected chi connectivity index (χ0v) is 23.3. The normalized spacial score (nSPS) is 17.7. The van der Waals surface area contributed by atoms with E-state index in [0.29, 0.717) is 33.2 Å². The van der Waals surface area contributed by atoms with Crippen molar-refractivity contribution in [3.05, 3.63) is 82.0 Å². The fourth-order valence-corrected chi connectivity index (χ4v) is 6.39. The molecule has 0 aliphatic carbocycles. The van der Waals surface area contributed by atoms with Gasteiger partial charge in [-0.1, -0.05) is 12.1 Å². The summed E-state index contributed by atoms with van der Waals surface area (Å²) >= 11 is 1.70. The van der Waals surface area contributed by atoms with Gasteiger partial charge in [-0.25, -0.2) is 14.1 Å². The van der Waals surface area contributed by atoms with Gasteiger partial charge in [0, 0.05) is 36.5 Å². The van der Waals surface area contributed by atoms with Crippen LogP contribution in [0.1, 0.15) is 42.9 Å². The van der Waals surface area contributed by atoms with Gasteiger partial charge >= 0.3 is 0 Å². The van der Waals surface area contributed by atoms with Gasteiger partial charge in [-0.3, -0.25) is 24.8 Å². The molecule has 0 spiro atoms. The van der Waals surface area contributed by atoms with Crippen LogP contribution in [0.25, 0.3) is 10.9 Å². The van der Waals surface area contributed by atoms with Gasteiger partial charge in [0.05, 0.1) is 27.7 Å². The fourth-order valence-electron chi connectivity index (χ4n) is 5.34. The highest BCUT2D eigenvalue weighted by molar-refractivity contribution is 7.99. The molecule has 214 valence electrons. The maximum atomic E-state index is 14.4. The zero-order chi connectivity index (χ0) is 29.2. The number of pyridine rings is 1. The van der Waals surface area contributed by atoms with E-state index in [1.165, 1.54) is 10.7 Å². The van der Waals surface area contributed by atoms with Crippen LogP contribution in [-0.4, -0.2) is 44.9 Å². The number of benzene rings is 2. The molecule has 2 aromatic heterocycles. The Morgan fingerprint density at radius 2 is 1.93 bits per heavy atom. The van der Waals surface area contributed by atoms with E-state index in [-0.39, 0.29) is 36.7 Å². The number of piperidine rings is 2. The molecule has 1 unspecified atom stereocenters. The number of aromatic nitrogens is 3. The number of nitrogens with one attached hydrogen (secondary N) is 2. The molecular weight excluding hydrogens is 559 g/mol. The maximum Gasteiger partial charge on any atom is 0.275 e. The second kappa shape index (κ2) is 11.7. The number of imide groups is 1. The van der Waals surface area contributed by atoms with E-state index >= 15 is 0 Å². The molecule has 4 aromatic rings. The smallest absolute Gasteiger partial charge is 0.275 e. The summed E-state index contributed by atoms with van der Waals surface area (Å²) in [4.78, 5) is 43.4. The van der Waals surface area contributed by atoms with E-state index in [2.05, 4.69) is 15.4 Å². The van der Waals surface area contributed by atoms with Gasteiger partial charge in [-0.05, 0) is 55.7 Å². The summed E-state index contributed by atoms with van der Waals surface area (Å²) in [6.07, 6.45) is 3.95. The summed E-state index contributed by atoms with van der Waals surface area (Å²) in [5.41, 5.74) is 1.85. The lowest BCUT2D eigenvalue weighted by atomic mass is 10.1. The topological polar surface area (TPSA) is 133 Å². The molecule has 0 bridgehead atoms. The van der Waals surface area contributed by atoms with Crippen LogP contribution in [0, 0.1) is 17.1 Å². The predicted molar refractivity (Wildman–Crippen MR) is 155 cm³/mol. The first-order chi connectivity index (χ1) is 20.4. The van der Waals surface area contributed by atoms with Crippen LogP contribution in [0.2, 0.25) is 0 Å². The first-order valence-corrected chi connectivity index (χ1v) is 14.5. The molecular formula is C30H27FN6O4S. The monoisotopic (exact) mass is 586 g/mol. The van der Waals surface area contributed by atoms with Crippen molar-refractivity contribution in [3.8, 4) is 11.8 Å². The standard InChI is InChI=1S/C30H27FN6O4S/c31-22-14-18(15-32)4-6-23(22)36-12-10-20(11-13-36)42-27-9-5-19(16-33-27)17-41-25-3-1-2-21-28(25)35-37(30(21)40)24-7-8-26(38)34-29(24)39/h1-6,9,14,16,20,24,35H,7-8,10-13,17H2,(H,34,38,39). The zero-order valence-electron chi connectivity index (χ0n) is 22.5. The Balaban J connectivity index is 1.06. The molecule has 4 heterocycles. The molecule has 42 heavy (non-hydrogen) atoms. The number of hydrogen-bond acceptors (Lipinski definition) is 8. The Labute approximate surface area is 244 Å². The third-order valence-corrected chi connectivity index (χ3v) is 8.86. The molecule has 6 rings (SSSR count). The van der Waals surface area contributed by atoms with E-state index in [1.807, 2.05) is 23.1 Å². The number of carbonyl (C=O) groups is 2. The lowest BCUT2D eigenvalue weighted by molar-refractivity contribution is -0.136. The number of rotatable bonds is 7. The number of nitrogens with zero attached hydrogens (tertiary/aromatic N) is 4. The number of H-pyrrole nitrogens is 1. The molecule has 2 saturated heterocycles. The van der Waals surface area contributed by atoms with E-state index < -0.39 is 11.9 Å². The summed E-state index contributed by atoms with van der Waals surface area (Å²) in [6.45, 7) is 1.69. The Kier molecular flexibility index (Phi) is 7.67. The average molecular weight is 587 g/mol. The highest BCUT2D eigenvalue weighted by atomic mass is 32.2. The van der Waals surface area contributed by atoms with Crippen molar-refractivity contribution in [3.63, 3.8) is 0 Å². The molecule has 2 amide bonds. The highest BCUT2D eigenvalue weighted by Gasteiger charge is 2.30. The summed E-state index contributed by atoms with van der Waals surface area (Å²) in [5, 5.41) is 15.9. The lowest BCUT2D eigenvalue weighted by Crippen LogP contribution is -2.44. The molecule has 12 heteroatoms. The number of halogens is 1. The van der Waals surface area contributed by atoms with Crippen molar-refractivity contribution >= 4 is 40.2 Å². The van der Waals surface area contributed by atoms with Crippen molar-refractivity contribution in [2.45, 2.75) is 48.6 Å². The summed E-state index contributed by atoms with van der Waals surface area (Å²) in [6, 6.07) is 14.8.